The molecule has 0 aliphatic rings. The molecule has 3 rings (SSSR count). The van der Waals surface area contributed by atoms with Gasteiger partial charge in [0.2, 0.25) is 5.76 Å². The summed E-state index contributed by atoms with van der Waals surface area (Å²) in [7, 11) is 0. The summed E-state index contributed by atoms with van der Waals surface area (Å²) in [4.78, 5) is 1.01. The molecule has 0 fully saturated rings. The van der Waals surface area contributed by atoms with Crippen LogP contribution in [0.3, 0.4) is 0 Å². The molecule has 0 spiro atoms. The number of nitrogens with zero attached hydrogens (tertiary/aromatic N) is 1. The van der Waals surface area contributed by atoms with Crippen LogP contribution in [0.4, 0.5) is 5.69 Å². The van der Waals surface area contributed by atoms with Crippen molar-refractivity contribution in [3.8, 4) is 0 Å². The molecule has 3 aromatic rings. The topological polar surface area (TPSA) is 36.1 Å². The fraction of sp³-hybridized carbons (Fsp3) is 0.100. The molecule has 0 aliphatic carbocycles. The number of hydrogen-bond acceptors (Lipinski definition) is 3. The minimum Gasteiger partial charge on any atom is -0.501 e. The molecule has 0 atom stereocenters. The van der Waals surface area contributed by atoms with Crippen molar-refractivity contribution >= 4 is 68.9 Å². The summed E-state index contributed by atoms with van der Waals surface area (Å²) >= 11 is 19.2. The van der Waals surface area contributed by atoms with Gasteiger partial charge in [-0.3, -0.25) is 0 Å². The Morgan fingerprint density at radius 3 is 2.56 bits per heavy atom. The van der Waals surface area contributed by atoms with Gasteiger partial charge in [0.15, 0.2) is 17.4 Å². The minimum absolute atomic E-state index is 0.0553. The van der Waals surface area contributed by atoms with E-state index in [4.69, 9.17) is 35.4 Å². The van der Waals surface area contributed by atoms with Crippen molar-refractivity contribution in [3.63, 3.8) is 0 Å². The Hall–Kier alpha value is -1.92. The maximum absolute atomic E-state index is 11.0. The average molecular weight is 436 g/mol. The van der Waals surface area contributed by atoms with E-state index in [1.807, 2.05) is 56.6 Å². The lowest BCUT2D eigenvalue weighted by atomic mass is 10.2. The van der Waals surface area contributed by atoms with Gasteiger partial charge in [-0.15, -0.1) is 11.3 Å². The number of aliphatic hydroxyl groups is 1. The van der Waals surface area contributed by atoms with Gasteiger partial charge in [-0.1, -0.05) is 41.5 Å². The smallest absolute Gasteiger partial charge is 0.289 e. The van der Waals surface area contributed by atoms with Gasteiger partial charge in [0, 0.05) is 22.3 Å². The van der Waals surface area contributed by atoms with Crippen LogP contribution in [-0.2, 0) is 0 Å². The number of anilines is 1. The Morgan fingerprint density at radius 1 is 1.11 bits per heavy atom. The van der Waals surface area contributed by atoms with Gasteiger partial charge >= 0.3 is 0 Å². The molecule has 0 radical (unpaired) electrons. The van der Waals surface area contributed by atoms with Gasteiger partial charge in [0.25, 0.3) is 5.70 Å². The van der Waals surface area contributed by atoms with Crippen molar-refractivity contribution in [1.82, 2.24) is 0 Å². The first-order chi connectivity index (χ1) is 12.9. The second kappa shape index (κ2) is 8.40. The summed E-state index contributed by atoms with van der Waals surface area (Å²) in [6.07, 6.45) is 3.74. The number of benzene rings is 1. The molecule has 1 aromatic carbocycles. The predicted molar refractivity (Wildman–Crippen MR) is 119 cm³/mol. The number of halogens is 2. The number of aryl methyl sites for hydroxylation is 1. The van der Waals surface area contributed by atoms with Crippen LogP contribution in [0.1, 0.15) is 16.0 Å². The van der Waals surface area contributed by atoms with Crippen LogP contribution in [0.5, 0.6) is 0 Å². The van der Waals surface area contributed by atoms with Gasteiger partial charge in [0.05, 0.1) is 9.21 Å². The highest BCUT2D eigenvalue weighted by molar-refractivity contribution is 7.81. The van der Waals surface area contributed by atoms with Crippen LogP contribution in [0.15, 0.2) is 54.9 Å². The molecule has 7 heteroatoms. The van der Waals surface area contributed by atoms with Crippen LogP contribution in [-0.4, -0.2) is 10.1 Å². The number of thiocarbonyl (C=S) groups is 1. The lowest BCUT2D eigenvalue weighted by molar-refractivity contribution is -0.576. The monoisotopic (exact) mass is 435 g/mol. The molecule has 2 heterocycles. The second-order valence-electron chi connectivity index (χ2n) is 5.96. The summed E-state index contributed by atoms with van der Waals surface area (Å²) in [5.74, 6) is 0.0553. The van der Waals surface area contributed by atoms with E-state index >= 15 is 0 Å². The highest BCUT2D eigenvalue weighted by Crippen LogP contribution is 2.29. The van der Waals surface area contributed by atoms with Crippen molar-refractivity contribution in [3.05, 3.63) is 80.2 Å². The van der Waals surface area contributed by atoms with Crippen molar-refractivity contribution in [1.29, 1.82) is 0 Å². The Morgan fingerprint density at radius 2 is 1.89 bits per heavy atom. The van der Waals surface area contributed by atoms with E-state index in [1.54, 1.807) is 16.7 Å². The maximum Gasteiger partial charge on any atom is 0.289 e. The number of hydrogen-bond donors (Lipinski definition) is 2. The van der Waals surface area contributed by atoms with Gasteiger partial charge in [-0.2, -0.15) is 4.57 Å². The fourth-order valence-electron chi connectivity index (χ4n) is 2.56. The summed E-state index contributed by atoms with van der Waals surface area (Å²) in [6.45, 7) is 3.89. The van der Waals surface area contributed by atoms with Crippen LogP contribution < -0.4 is 9.88 Å². The molecule has 2 aromatic heterocycles. The normalized spacial score (nSPS) is 11.9. The largest absolute Gasteiger partial charge is 0.501 e. The first-order valence-electron chi connectivity index (χ1n) is 8.10. The van der Waals surface area contributed by atoms with Crippen LogP contribution in [0.25, 0.3) is 11.5 Å². The van der Waals surface area contributed by atoms with Crippen molar-refractivity contribution < 1.29 is 9.67 Å². The molecule has 27 heavy (non-hydrogen) atoms. The fourth-order valence-corrected chi connectivity index (χ4v) is 4.04. The van der Waals surface area contributed by atoms with E-state index in [9.17, 15) is 5.11 Å². The SMILES string of the molecule is Cc1ccc[n+](/C(C(=S)Nc2cccc(Cl)c2C)=C(/O)c2ccc(Cl)s2)c1. The standard InChI is InChI=1S/C20H16Cl2N2OS2/c1-12-5-4-10-24(11-12)18(19(25)16-8-9-17(22)27-16)20(26)23-15-7-3-6-14(21)13(15)2/h3-11H,1-2H3,(H-,23,25,26)/p+1. The zero-order chi connectivity index (χ0) is 19.6. The lowest BCUT2D eigenvalue weighted by Gasteiger charge is -2.12. The quantitative estimate of drug-likeness (QED) is 0.219. The van der Waals surface area contributed by atoms with Gasteiger partial charge in [-0.05, 0) is 49.7 Å². The Labute approximate surface area is 177 Å². The van der Waals surface area contributed by atoms with Gasteiger partial charge < -0.3 is 10.4 Å². The minimum atomic E-state index is 0.0553. The van der Waals surface area contributed by atoms with E-state index in [1.165, 1.54) is 11.3 Å². The number of rotatable bonds is 4. The number of pyridine rings is 1. The summed E-state index contributed by atoms with van der Waals surface area (Å²) in [5.41, 5.74) is 3.17. The third-order valence-electron chi connectivity index (χ3n) is 3.97. The van der Waals surface area contributed by atoms with Crippen LogP contribution in [0.2, 0.25) is 9.36 Å². The van der Waals surface area contributed by atoms with Crippen LogP contribution in [0, 0.1) is 13.8 Å². The van der Waals surface area contributed by atoms with Crippen LogP contribution >= 0.6 is 46.8 Å². The maximum atomic E-state index is 11.0. The second-order valence-corrected chi connectivity index (χ2v) is 8.49. The van der Waals surface area contributed by atoms with E-state index in [2.05, 4.69) is 5.32 Å². The van der Waals surface area contributed by atoms with E-state index in [0.717, 1.165) is 16.8 Å². The molecule has 0 bridgehead atoms. The first-order valence-corrected chi connectivity index (χ1v) is 10.1. The summed E-state index contributed by atoms with van der Waals surface area (Å²) < 4.78 is 2.39. The molecule has 0 amide bonds. The number of nitrogens with one attached hydrogen (secondary N) is 1. The highest BCUT2D eigenvalue weighted by Gasteiger charge is 2.25. The highest BCUT2D eigenvalue weighted by atomic mass is 35.5. The number of aliphatic hydroxyl groups excluding tert-OH is 1. The lowest BCUT2D eigenvalue weighted by Crippen LogP contribution is -2.38. The third kappa shape index (κ3) is 4.50. The molecule has 0 unspecified atom stereocenters. The molecule has 0 aliphatic heterocycles. The zero-order valence-electron chi connectivity index (χ0n) is 14.7. The van der Waals surface area contributed by atoms with Crippen molar-refractivity contribution in [2.24, 2.45) is 0 Å². The van der Waals surface area contributed by atoms with Crippen molar-refractivity contribution in [2.45, 2.75) is 13.8 Å². The van der Waals surface area contributed by atoms with E-state index in [0.29, 0.717) is 24.9 Å². The van der Waals surface area contributed by atoms with Gasteiger partial charge in [0.1, 0.15) is 0 Å². The molecular weight excluding hydrogens is 419 g/mol. The Balaban J connectivity index is 2.09. The molecule has 0 saturated carbocycles. The van der Waals surface area contributed by atoms with E-state index < -0.39 is 0 Å². The Bertz CT molecular complexity index is 1040. The summed E-state index contributed by atoms with van der Waals surface area (Å²) in [6, 6.07) is 13.0. The predicted octanol–water partition coefficient (Wildman–Crippen LogP) is 6.28. The van der Waals surface area contributed by atoms with Gasteiger partial charge in [-0.25, -0.2) is 0 Å². The molecular formula is C20H17Cl2N2OS2+. The molecule has 138 valence electrons. The molecule has 0 saturated heterocycles. The zero-order valence-corrected chi connectivity index (χ0v) is 17.8. The Kier molecular flexibility index (Phi) is 6.17. The number of thiophene rings is 1. The van der Waals surface area contributed by atoms with E-state index in [-0.39, 0.29) is 5.76 Å². The average Bonchev–Trinajstić information content (AvgIpc) is 3.06. The third-order valence-corrected chi connectivity index (χ3v) is 5.91. The number of aromatic nitrogens is 1. The summed E-state index contributed by atoms with van der Waals surface area (Å²) in [5, 5.41) is 14.8. The molecule has 3 nitrogen and oxygen atoms in total. The molecule has 2 N–H and O–H groups in total. The van der Waals surface area contributed by atoms with Crippen molar-refractivity contribution in [2.75, 3.05) is 5.32 Å². The first kappa shape index (κ1) is 19.8.